The van der Waals surface area contributed by atoms with Gasteiger partial charge in [0.15, 0.2) is 0 Å². The van der Waals surface area contributed by atoms with Crippen molar-refractivity contribution in [3.05, 3.63) is 73.2 Å². The quantitative estimate of drug-likeness (QED) is 0.579. The van der Waals surface area contributed by atoms with Gasteiger partial charge in [-0.2, -0.15) is 0 Å². The van der Waals surface area contributed by atoms with Crippen molar-refractivity contribution in [3.63, 3.8) is 0 Å². The number of nitrogens with zero attached hydrogens (tertiary/aromatic N) is 1. The average Bonchev–Trinajstić information content (AvgIpc) is 2.43. The summed E-state index contributed by atoms with van der Waals surface area (Å²) in [6, 6.07) is 12.1. The van der Waals surface area contributed by atoms with Crippen LogP contribution in [0.15, 0.2) is 46.9 Å². The lowest BCUT2D eigenvalue weighted by molar-refractivity contribution is -0.384. The number of hydrogen-bond donors (Lipinski definition) is 2. The monoisotopic (exact) mass is 387 g/mol. The van der Waals surface area contributed by atoms with Gasteiger partial charge in [-0.25, -0.2) is 4.79 Å². The number of nitro groups is 1. The van der Waals surface area contributed by atoms with Crippen molar-refractivity contribution in [2.24, 2.45) is 0 Å². The topological polar surface area (TPSA) is 101 Å². The number of hydrogen-bond acceptors (Lipinski definition) is 3. The van der Waals surface area contributed by atoms with Crippen molar-refractivity contribution in [1.82, 2.24) is 0 Å². The van der Waals surface area contributed by atoms with Crippen LogP contribution in [0.25, 0.3) is 0 Å². The van der Waals surface area contributed by atoms with E-state index in [2.05, 4.69) is 15.9 Å². The van der Waals surface area contributed by atoms with E-state index in [1.54, 1.807) is 12.1 Å². The van der Waals surface area contributed by atoms with Gasteiger partial charge in [0.05, 0.1) is 4.92 Å². The summed E-state index contributed by atoms with van der Waals surface area (Å²) in [6.45, 7) is 0. The third kappa shape index (κ3) is 6.11. The number of non-ortho nitro benzene ring substituents is 1. The van der Waals surface area contributed by atoms with Crippen LogP contribution >= 0.6 is 27.5 Å². The molecule has 2 aromatic rings. The molecule has 0 fully saturated rings. The molecule has 0 bridgehead atoms. The zero-order chi connectivity index (χ0) is 16.7. The van der Waals surface area contributed by atoms with Crippen molar-refractivity contribution in [2.75, 3.05) is 0 Å². The highest BCUT2D eigenvalue weighted by molar-refractivity contribution is 9.10. The van der Waals surface area contributed by atoms with E-state index >= 15 is 0 Å². The molecule has 6 nitrogen and oxygen atoms in total. The molecule has 0 amide bonds. The second-order valence-corrected chi connectivity index (χ2v) is 5.41. The normalized spacial score (nSPS) is 9.55. The van der Waals surface area contributed by atoms with E-state index in [9.17, 15) is 10.1 Å². The fourth-order valence-electron chi connectivity index (χ4n) is 1.63. The molecule has 0 aliphatic rings. The predicted octanol–water partition coefficient (Wildman–Crippen LogP) is 4.82. The van der Waals surface area contributed by atoms with Gasteiger partial charge in [0.1, 0.15) is 0 Å². The zero-order valence-electron chi connectivity index (χ0n) is 11.1. The highest BCUT2D eigenvalue weighted by Gasteiger charge is 2.06. The molecule has 0 saturated heterocycles. The van der Waals surface area contributed by atoms with Crippen LogP contribution in [0, 0.1) is 10.1 Å². The van der Waals surface area contributed by atoms with Gasteiger partial charge >= 0.3 is 6.16 Å². The number of benzene rings is 2. The van der Waals surface area contributed by atoms with E-state index in [1.165, 1.54) is 12.1 Å². The first-order valence-corrected chi connectivity index (χ1v) is 7.06. The summed E-state index contributed by atoms with van der Waals surface area (Å²) >= 11 is 9.40. The van der Waals surface area contributed by atoms with Crippen molar-refractivity contribution >= 4 is 39.4 Å². The smallest absolute Gasteiger partial charge is 0.450 e. The van der Waals surface area contributed by atoms with Gasteiger partial charge in [-0.3, -0.25) is 10.1 Å². The first-order valence-electron chi connectivity index (χ1n) is 5.88. The van der Waals surface area contributed by atoms with Crippen molar-refractivity contribution < 1.29 is 19.9 Å². The fraction of sp³-hybridized carbons (Fsp3) is 0.0714. The molecule has 2 N–H and O–H groups in total. The molecular formula is C14H11BrClNO5. The molecule has 0 saturated carbocycles. The van der Waals surface area contributed by atoms with Gasteiger partial charge in [0.2, 0.25) is 0 Å². The van der Waals surface area contributed by atoms with Gasteiger partial charge in [0.25, 0.3) is 5.69 Å². The largest absolute Gasteiger partial charge is 0.503 e. The maximum absolute atomic E-state index is 10.5. The lowest BCUT2D eigenvalue weighted by Gasteiger charge is -2.05. The van der Waals surface area contributed by atoms with Gasteiger partial charge in [-0.1, -0.05) is 39.7 Å². The molecule has 0 aliphatic carbocycles. The number of halogens is 2. The molecule has 0 heterocycles. The van der Waals surface area contributed by atoms with Gasteiger partial charge in [-0.05, 0) is 35.7 Å². The predicted molar refractivity (Wildman–Crippen MR) is 85.7 cm³/mol. The van der Waals surface area contributed by atoms with E-state index in [1.807, 2.05) is 18.2 Å². The van der Waals surface area contributed by atoms with Crippen LogP contribution in [0.1, 0.15) is 11.1 Å². The molecule has 0 spiro atoms. The summed E-state index contributed by atoms with van der Waals surface area (Å²) in [6.07, 6.45) is -1.15. The molecule has 8 heteroatoms. The van der Waals surface area contributed by atoms with Crippen LogP contribution in [0.3, 0.4) is 0 Å². The minimum absolute atomic E-state index is 0.101. The maximum atomic E-state index is 10.5. The molecule has 0 unspecified atom stereocenters. The molecule has 0 radical (unpaired) electrons. The lowest BCUT2D eigenvalue weighted by Crippen LogP contribution is -1.92. The van der Waals surface area contributed by atoms with Crippen LogP contribution < -0.4 is 0 Å². The summed E-state index contributed by atoms with van der Waals surface area (Å²) in [4.78, 5) is 18.7. The second kappa shape index (κ2) is 8.35. The van der Waals surface area contributed by atoms with E-state index < -0.39 is 11.1 Å². The SMILES string of the molecule is O=C(O)O.O=[N+]([O-])c1ccc(Cc2cc(Cl)ccc2Br)cc1. The first-order chi connectivity index (χ1) is 10.3. The molecule has 116 valence electrons. The van der Waals surface area contributed by atoms with E-state index in [0.717, 1.165) is 15.6 Å². The summed E-state index contributed by atoms with van der Waals surface area (Å²) in [5.74, 6) is 0. The third-order valence-electron chi connectivity index (χ3n) is 2.55. The molecule has 0 atom stereocenters. The molecule has 0 aromatic heterocycles. The lowest BCUT2D eigenvalue weighted by atomic mass is 10.0. The Morgan fingerprint density at radius 3 is 2.23 bits per heavy atom. The van der Waals surface area contributed by atoms with Gasteiger partial charge < -0.3 is 10.2 Å². The number of carboxylic acid groups (broad SMARTS) is 2. The average molecular weight is 389 g/mol. The van der Waals surface area contributed by atoms with Crippen molar-refractivity contribution in [3.8, 4) is 0 Å². The van der Waals surface area contributed by atoms with Crippen LogP contribution in [0.2, 0.25) is 5.02 Å². The summed E-state index contributed by atoms with van der Waals surface area (Å²) in [7, 11) is 0. The Hall–Kier alpha value is -2.12. The Balaban J connectivity index is 0.000000541. The second-order valence-electron chi connectivity index (χ2n) is 4.12. The Kier molecular flexibility index (Phi) is 6.81. The third-order valence-corrected chi connectivity index (χ3v) is 3.56. The number of rotatable bonds is 3. The van der Waals surface area contributed by atoms with Crippen LogP contribution in [0.5, 0.6) is 0 Å². The van der Waals surface area contributed by atoms with Crippen molar-refractivity contribution in [2.45, 2.75) is 6.42 Å². The van der Waals surface area contributed by atoms with Crippen LogP contribution in [-0.2, 0) is 6.42 Å². The standard InChI is InChI=1S/C13H9BrClNO2.CH2O3/c14-13-6-3-11(15)8-10(13)7-9-1-4-12(5-2-9)16(17)18;2-1(3)4/h1-6,8H,7H2;(H2,2,3,4). The minimum Gasteiger partial charge on any atom is -0.450 e. The molecule has 22 heavy (non-hydrogen) atoms. The Labute approximate surface area is 139 Å². The van der Waals surface area contributed by atoms with E-state index in [0.29, 0.717) is 11.4 Å². The highest BCUT2D eigenvalue weighted by Crippen LogP contribution is 2.24. The minimum atomic E-state index is -1.83. The highest BCUT2D eigenvalue weighted by atomic mass is 79.9. The maximum Gasteiger partial charge on any atom is 0.503 e. The summed E-state index contributed by atoms with van der Waals surface area (Å²) < 4.78 is 0.977. The van der Waals surface area contributed by atoms with Gasteiger partial charge in [-0.15, -0.1) is 0 Å². The fourth-order valence-corrected chi connectivity index (χ4v) is 2.22. The Morgan fingerprint density at radius 1 is 1.18 bits per heavy atom. The van der Waals surface area contributed by atoms with E-state index in [-0.39, 0.29) is 5.69 Å². The van der Waals surface area contributed by atoms with Crippen LogP contribution in [0.4, 0.5) is 10.5 Å². The Bertz CT molecular complexity index is 671. The van der Waals surface area contributed by atoms with Crippen LogP contribution in [-0.4, -0.2) is 21.3 Å². The van der Waals surface area contributed by atoms with E-state index in [4.69, 9.17) is 26.6 Å². The Morgan fingerprint density at radius 2 is 1.73 bits per heavy atom. The summed E-state index contributed by atoms with van der Waals surface area (Å²) in [5, 5.41) is 25.2. The molecular weight excluding hydrogens is 378 g/mol. The zero-order valence-corrected chi connectivity index (χ0v) is 13.4. The van der Waals surface area contributed by atoms with Gasteiger partial charge in [0, 0.05) is 21.6 Å². The number of carbonyl (C=O) groups is 1. The first kappa shape index (κ1) is 17.9. The van der Waals surface area contributed by atoms with Crippen molar-refractivity contribution in [1.29, 1.82) is 0 Å². The molecule has 0 aliphatic heterocycles. The molecule has 2 rings (SSSR count). The molecule has 2 aromatic carbocycles. The summed E-state index contributed by atoms with van der Waals surface area (Å²) in [5.41, 5.74) is 2.16. The number of nitro benzene ring substituents is 1.